The Balaban J connectivity index is 2.01. The lowest BCUT2D eigenvalue weighted by Crippen LogP contribution is -2.37. The molecule has 84 valence electrons. The zero-order chi connectivity index (χ0) is 10.2. The van der Waals surface area contributed by atoms with Gasteiger partial charge in [-0.2, -0.15) is 0 Å². The average Bonchev–Trinajstić information content (AvgIpc) is 2.26. The van der Waals surface area contributed by atoms with Crippen molar-refractivity contribution in [2.75, 3.05) is 33.0 Å². The lowest BCUT2D eigenvalue weighted by Gasteiger charge is -2.23. The molecule has 0 aromatic rings. The summed E-state index contributed by atoms with van der Waals surface area (Å²) in [5.74, 6) is 0.745. The highest BCUT2D eigenvalue weighted by Crippen LogP contribution is 2.17. The Labute approximate surface area is 85.3 Å². The van der Waals surface area contributed by atoms with Crippen molar-refractivity contribution >= 4 is 0 Å². The van der Waals surface area contributed by atoms with E-state index in [4.69, 9.17) is 14.9 Å². The van der Waals surface area contributed by atoms with Crippen LogP contribution in [0.5, 0.6) is 0 Å². The van der Waals surface area contributed by atoms with E-state index in [2.05, 4.69) is 5.32 Å². The SMILES string of the molecule is OCC(CO)NCCC1CCOCC1. The minimum Gasteiger partial charge on any atom is -0.395 e. The van der Waals surface area contributed by atoms with Crippen LogP contribution in [0.1, 0.15) is 19.3 Å². The highest BCUT2D eigenvalue weighted by Gasteiger charge is 2.13. The van der Waals surface area contributed by atoms with Crippen LogP contribution in [-0.4, -0.2) is 49.2 Å². The van der Waals surface area contributed by atoms with Crippen molar-refractivity contribution < 1.29 is 14.9 Å². The first-order chi connectivity index (χ1) is 6.86. The number of hydrogen-bond acceptors (Lipinski definition) is 4. The lowest BCUT2D eigenvalue weighted by molar-refractivity contribution is 0.0630. The fourth-order valence-corrected chi connectivity index (χ4v) is 1.71. The highest BCUT2D eigenvalue weighted by atomic mass is 16.5. The minimum atomic E-state index is -0.158. The third-order valence-electron chi connectivity index (χ3n) is 2.77. The summed E-state index contributed by atoms with van der Waals surface area (Å²) in [4.78, 5) is 0. The van der Waals surface area contributed by atoms with Crippen molar-refractivity contribution in [3.8, 4) is 0 Å². The van der Waals surface area contributed by atoms with Crippen molar-refractivity contribution in [1.82, 2.24) is 5.32 Å². The molecule has 0 radical (unpaired) electrons. The molecule has 0 spiro atoms. The van der Waals surface area contributed by atoms with Crippen LogP contribution < -0.4 is 5.32 Å². The minimum absolute atomic E-state index is 0.00424. The van der Waals surface area contributed by atoms with E-state index in [9.17, 15) is 0 Å². The third-order valence-corrected chi connectivity index (χ3v) is 2.77. The van der Waals surface area contributed by atoms with Crippen molar-refractivity contribution in [3.05, 3.63) is 0 Å². The fraction of sp³-hybridized carbons (Fsp3) is 1.00. The van der Waals surface area contributed by atoms with Gasteiger partial charge in [0.05, 0.1) is 19.3 Å². The summed E-state index contributed by atoms with van der Waals surface area (Å²) in [6, 6.07) is -0.158. The van der Waals surface area contributed by atoms with Gasteiger partial charge in [-0.05, 0) is 31.7 Å². The molecule has 0 atom stereocenters. The van der Waals surface area contributed by atoms with Crippen LogP contribution in [0.4, 0.5) is 0 Å². The van der Waals surface area contributed by atoms with Gasteiger partial charge >= 0.3 is 0 Å². The monoisotopic (exact) mass is 203 g/mol. The molecule has 3 N–H and O–H groups in total. The molecule has 0 aliphatic carbocycles. The van der Waals surface area contributed by atoms with E-state index in [1.807, 2.05) is 0 Å². The van der Waals surface area contributed by atoms with Gasteiger partial charge in [0.25, 0.3) is 0 Å². The number of nitrogens with one attached hydrogen (secondary N) is 1. The standard InChI is InChI=1S/C10H21NO3/c12-7-10(8-13)11-4-1-9-2-5-14-6-3-9/h9-13H,1-8H2. The van der Waals surface area contributed by atoms with Crippen molar-refractivity contribution in [3.63, 3.8) is 0 Å². The highest BCUT2D eigenvalue weighted by molar-refractivity contribution is 4.68. The van der Waals surface area contributed by atoms with Gasteiger partial charge in [0, 0.05) is 13.2 Å². The van der Waals surface area contributed by atoms with Crippen LogP contribution in [0.25, 0.3) is 0 Å². The molecule has 14 heavy (non-hydrogen) atoms. The van der Waals surface area contributed by atoms with Crippen molar-refractivity contribution in [2.24, 2.45) is 5.92 Å². The second-order valence-corrected chi connectivity index (χ2v) is 3.86. The molecule has 0 amide bonds. The predicted molar refractivity (Wildman–Crippen MR) is 54.1 cm³/mol. The van der Waals surface area contributed by atoms with E-state index in [1.165, 1.54) is 0 Å². The Morgan fingerprint density at radius 3 is 2.43 bits per heavy atom. The second-order valence-electron chi connectivity index (χ2n) is 3.86. The molecule has 1 fully saturated rings. The maximum atomic E-state index is 8.82. The maximum Gasteiger partial charge on any atom is 0.0607 e. The van der Waals surface area contributed by atoms with Crippen molar-refractivity contribution in [1.29, 1.82) is 0 Å². The molecule has 0 bridgehead atoms. The molecular weight excluding hydrogens is 182 g/mol. The van der Waals surface area contributed by atoms with Gasteiger partial charge in [-0.25, -0.2) is 0 Å². The van der Waals surface area contributed by atoms with Crippen molar-refractivity contribution in [2.45, 2.75) is 25.3 Å². The summed E-state index contributed by atoms with van der Waals surface area (Å²) >= 11 is 0. The molecule has 4 nitrogen and oxygen atoms in total. The summed E-state index contributed by atoms with van der Waals surface area (Å²) in [6.45, 7) is 2.65. The van der Waals surface area contributed by atoms with E-state index < -0.39 is 0 Å². The molecule has 0 aromatic carbocycles. The van der Waals surface area contributed by atoms with Crippen LogP contribution in [0, 0.1) is 5.92 Å². The number of hydrogen-bond donors (Lipinski definition) is 3. The molecule has 1 aliphatic heterocycles. The maximum absolute atomic E-state index is 8.82. The molecule has 1 rings (SSSR count). The van der Waals surface area contributed by atoms with Crippen LogP contribution in [0.2, 0.25) is 0 Å². The molecule has 1 aliphatic rings. The number of aliphatic hydroxyl groups is 2. The largest absolute Gasteiger partial charge is 0.395 e. The van der Waals surface area contributed by atoms with Gasteiger partial charge in [-0.1, -0.05) is 0 Å². The van der Waals surface area contributed by atoms with Gasteiger partial charge < -0.3 is 20.3 Å². The zero-order valence-corrected chi connectivity index (χ0v) is 8.61. The van der Waals surface area contributed by atoms with E-state index in [0.29, 0.717) is 0 Å². The van der Waals surface area contributed by atoms with Gasteiger partial charge in [0.2, 0.25) is 0 Å². The van der Waals surface area contributed by atoms with Gasteiger partial charge in [-0.3, -0.25) is 0 Å². The Bertz CT molecular complexity index is 133. The molecule has 0 unspecified atom stereocenters. The average molecular weight is 203 g/mol. The summed E-state index contributed by atoms with van der Waals surface area (Å²) in [5.41, 5.74) is 0. The summed E-state index contributed by atoms with van der Waals surface area (Å²) < 4.78 is 5.27. The van der Waals surface area contributed by atoms with E-state index in [0.717, 1.165) is 44.9 Å². The number of ether oxygens (including phenoxy) is 1. The van der Waals surface area contributed by atoms with E-state index in [-0.39, 0.29) is 19.3 Å². The van der Waals surface area contributed by atoms with Crippen LogP contribution >= 0.6 is 0 Å². The first kappa shape index (κ1) is 11.9. The molecule has 4 heteroatoms. The van der Waals surface area contributed by atoms with Gasteiger partial charge in [-0.15, -0.1) is 0 Å². The Morgan fingerprint density at radius 2 is 1.86 bits per heavy atom. The third kappa shape index (κ3) is 4.37. The molecule has 1 heterocycles. The predicted octanol–water partition coefficient (Wildman–Crippen LogP) is -0.254. The summed E-state index contributed by atoms with van der Waals surface area (Å²) in [7, 11) is 0. The molecule has 1 saturated heterocycles. The number of rotatable bonds is 6. The van der Waals surface area contributed by atoms with Crippen LogP contribution in [-0.2, 0) is 4.74 Å². The molecular formula is C10H21NO3. The number of aliphatic hydroxyl groups excluding tert-OH is 2. The fourth-order valence-electron chi connectivity index (χ4n) is 1.71. The topological polar surface area (TPSA) is 61.7 Å². The summed E-state index contributed by atoms with van der Waals surface area (Å²) in [5, 5.41) is 20.8. The normalized spacial score (nSPS) is 19.1. The summed E-state index contributed by atoms with van der Waals surface area (Å²) in [6.07, 6.45) is 3.40. The zero-order valence-electron chi connectivity index (χ0n) is 8.61. The van der Waals surface area contributed by atoms with Crippen LogP contribution in [0.15, 0.2) is 0 Å². The Hall–Kier alpha value is -0.160. The van der Waals surface area contributed by atoms with Gasteiger partial charge in [0.1, 0.15) is 0 Å². The first-order valence-corrected chi connectivity index (χ1v) is 5.39. The van der Waals surface area contributed by atoms with Crippen LogP contribution in [0.3, 0.4) is 0 Å². The van der Waals surface area contributed by atoms with Gasteiger partial charge in [0.15, 0.2) is 0 Å². The Morgan fingerprint density at radius 1 is 1.21 bits per heavy atom. The molecule has 0 aromatic heterocycles. The smallest absolute Gasteiger partial charge is 0.0607 e. The Kier molecular flexibility index (Phi) is 6.10. The van der Waals surface area contributed by atoms with E-state index in [1.54, 1.807) is 0 Å². The molecule has 0 saturated carbocycles. The lowest BCUT2D eigenvalue weighted by atomic mass is 9.96. The first-order valence-electron chi connectivity index (χ1n) is 5.39. The quantitative estimate of drug-likeness (QED) is 0.557. The van der Waals surface area contributed by atoms with E-state index >= 15 is 0 Å². The second kappa shape index (κ2) is 7.17.